The first-order valence-electron chi connectivity index (χ1n) is 40.3. The lowest BCUT2D eigenvalue weighted by Crippen LogP contribution is -2.26. The minimum atomic E-state index is -0.889. The van der Waals surface area contributed by atoms with Gasteiger partial charge in [-0.3, -0.25) is 43.8 Å². The van der Waals surface area contributed by atoms with Crippen molar-refractivity contribution in [2.24, 2.45) is 0 Å². The van der Waals surface area contributed by atoms with Crippen LogP contribution in [-0.4, -0.2) is 129 Å². The quantitative estimate of drug-likeness (QED) is 0.0259. The molecule has 634 valence electrons. The van der Waals surface area contributed by atoms with E-state index in [2.05, 4.69) is 26.0 Å². The highest BCUT2D eigenvalue weighted by Crippen LogP contribution is 2.30. The number of nitrogens with zero attached hydrogens (tertiary/aromatic N) is 8. The Labute approximate surface area is 716 Å². The van der Waals surface area contributed by atoms with Crippen LogP contribution in [0.25, 0.3) is 44.5 Å². The van der Waals surface area contributed by atoms with E-state index in [-0.39, 0.29) is 59.8 Å². The lowest BCUT2D eigenvalue weighted by molar-refractivity contribution is 0.0974. The SMILES string of the molecule is CCOC(=O)N(C)c1ccc(-c2ccc(C(=O)CCc3ccc(C)nc3C)cc2)cc1.CCOC(=O)N(C)c1ccc(-c2ccc(C(=O)CCc3ccc(F)nc3F)cc2)cc1.CCOC(=O)N(C)c1ccc(-c2ccc(C(=O)CCc3ccc(N)nc3)cc2)cc1.CCOC(=O)N(C)c1ccc(-c2ccc(C(=O)CCc3ccc(OC)nc3)cc2)cc1. The summed E-state index contributed by atoms with van der Waals surface area (Å²) in [6, 6.07) is 73.9. The Morgan fingerprint density at radius 3 is 0.886 bits per heavy atom. The minimum absolute atomic E-state index is 0.0878. The van der Waals surface area contributed by atoms with Gasteiger partial charge in [-0.05, 0) is 201 Å². The minimum Gasteiger partial charge on any atom is -0.481 e. The number of methoxy groups -OCH3 is 1. The molecule has 0 saturated carbocycles. The van der Waals surface area contributed by atoms with Crippen LogP contribution in [0.3, 0.4) is 0 Å². The molecule has 123 heavy (non-hydrogen) atoms. The largest absolute Gasteiger partial charge is 0.481 e. The van der Waals surface area contributed by atoms with E-state index in [4.69, 9.17) is 29.4 Å². The van der Waals surface area contributed by atoms with Crippen LogP contribution in [-0.2, 0) is 44.6 Å². The van der Waals surface area contributed by atoms with Gasteiger partial charge in [0.2, 0.25) is 17.8 Å². The van der Waals surface area contributed by atoms with Crippen molar-refractivity contribution in [2.75, 3.05) is 87.1 Å². The van der Waals surface area contributed by atoms with Gasteiger partial charge in [-0.15, -0.1) is 0 Å². The molecule has 0 unspecified atom stereocenters. The molecule has 4 amide bonds. The molecule has 4 aromatic heterocycles. The van der Waals surface area contributed by atoms with Crippen LogP contribution in [0, 0.1) is 25.7 Å². The van der Waals surface area contributed by atoms with Crippen LogP contribution < -0.4 is 30.1 Å². The molecule has 2 N–H and O–H groups in total. The summed E-state index contributed by atoms with van der Waals surface area (Å²) in [5.74, 6) is -0.574. The van der Waals surface area contributed by atoms with Gasteiger partial charge < -0.3 is 29.4 Å². The van der Waals surface area contributed by atoms with Crippen molar-refractivity contribution < 1.29 is 70.8 Å². The molecule has 12 rings (SSSR count). The number of aryl methyl sites for hydroxylation is 6. The number of benzene rings is 8. The van der Waals surface area contributed by atoms with Crippen LogP contribution >= 0.6 is 0 Å². The van der Waals surface area contributed by atoms with Crippen molar-refractivity contribution in [1.29, 1.82) is 0 Å². The highest BCUT2D eigenvalue weighted by atomic mass is 19.1. The molecule has 0 spiro atoms. The highest BCUT2D eigenvalue weighted by Gasteiger charge is 2.19. The van der Waals surface area contributed by atoms with Gasteiger partial charge in [0.05, 0.1) is 33.5 Å². The fraction of sp³-hybridized carbons (Fsp3) is 0.232. The smallest absolute Gasteiger partial charge is 0.413 e. The van der Waals surface area contributed by atoms with E-state index in [1.165, 1.54) is 25.7 Å². The Balaban J connectivity index is 0.000000186. The number of aromatic nitrogens is 4. The number of halogens is 2. The molecule has 0 atom stereocenters. The Morgan fingerprint density at radius 1 is 0.333 bits per heavy atom. The summed E-state index contributed by atoms with van der Waals surface area (Å²) in [4.78, 5) is 119. The van der Waals surface area contributed by atoms with Gasteiger partial charge in [-0.2, -0.15) is 13.8 Å². The van der Waals surface area contributed by atoms with Crippen LogP contribution in [0.4, 0.5) is 56.5 Å². The van der Waals surface area contributed by atoms with Gasteiger partial charge in [-0.1, -0.05) is 164 Å². The fourth-order valence-corrected chi connectivity index (χ4v) is 12.7. The van der Waals surface area contributed by atoms with E-state index in [9.17, 15) is 47.1 Å². The van der Waals surface area contributed by atoms with Crippen LogP contribution in [0.15, 0.2) is 255 Å². The number of carbonyl (C=O) groups excluding carboxylic acids is 8. The molecule has 0 radical (unpaired) electrons. The molecule has 0 aliphatic carbocycles. The number of pyridine rings is 4. The number of ketones is 4. The Kier molecular flexibility index (Phi) is 34.8. The standard InChI is InChI=1S/C26H28N2O3.C25H26N2O4.C24H22F2N2O3.C24H25N3O3/c1-5-31-26(30)28(4)24-15-12-22(13-16-24)21-8-10-23(11-9-21)25(29)17-14-20-7-6-18(2)27-19(20)3;1-4-31-25(29)27(2)22-13-11-20(12-14-22)19-7-9-21(10-8-19)23(28)15-5-18-6-16-24(30-3)26-17-18;1-3-31-24(30)28(2)20-12-8-17(9-13-20)16-4-6-18(7-5-16)21(29)14-10-19-11-15-22(25)27-23(19)26;1-3-30-24(29)27(2)21-12-10-19(11-13-21)18-6-8-20(9-7-18)22(28)14-4-17-5-15-23(25)26-16-17/h6-13,15-16H,5,14,17H2,1-4H3;6-14,16-17H,4-5,15H2,1-3H3;4-9,11-13,15H,3,10,14H2,1-2H3;5-13,15-16H,3-4,14H2,1-2H3,(H2,25,26). The predicted molar refractivity (Wildman–Crippen MR) is 477 cm³/mol. The maximum Gasteiger partial charge on any atom is 0.413 e. The summed E-state index contributed by atoms with van der Waals surface area (Å²) in [7, 11) is 8.25. The van der Waals surface area contributed by atoms with E-state index in [0.29, 0.717) is 105 Å². The number of rotatable bonds is 29. The molecule has 0 fully saturated rings. The first-order chi connectivity index (χ1) is 59.3. The first kappa shape index (κ1) is 92.5. The summed E-state index contributed by atoms with van der Waals surface area (Å²) in [6.07, 6.45) is 5.35. The molecular formula is C99H101F2N9O13. The van der Waals surface area contributed by atoms with Crippen molar-refractivity contribution in [3.8, 4) is 50.4 Å². The zero-order chi connectivity index (χ0) is 88.5. The number of carbonyl (C=O) groups is 8. The summed E-state index contributed by atoms with van der Waals surface area (Å²) < 4.78 is 51.6. The number of hydrogen-bond donors (Lipinski definition) is 1. The zero-order valence-electron chi connectivity index (χ0n) is 71.0. The molecule has 0 bridgehead atoms. The Morgan fingerprint density at radius 2 is 0.618 bits per heavy atom. The fourth-order valence-electron chi connectivity index (χ4n) is 12.7. The number of nitrogens with two attached hydrogens (primary N) is 1. The van der Waals surface area contributed by atoms with Crippen LogP contribution in [0.2, 0.25) is 0 Å². The Bertz CT molecular complexity index is 5340. The molecular weight excluding hydrogens is 1560 g/mol. The third kappa shape index (κ3) is 27.3. The summed E-state index contributed by atoms with van der Waals surface area (Å²) in [5.41, 5.74) is 24.3. The normalized spacial score (nSPS) is 10.5. The molecule has 24 heteroatoms. The summed E-state index contributed by atoms with van der Waals surface area (Å²) in [5, 5.41) is 0. The maximum absolute atomic E-state index is 13.6. The van der Waals surface area contributed by atoms with Gasteiger partial charge >= 0.3 is 24.4 Å². The third-order valence-corrected chi connectivity index (χ3v) is 20.0. The average molecular weight is 1660 g/mol. The number of anilines is 5. The summed E-state index contributed by atoms with van der Waals surface area (Å²) in [6.45, 7) is 12.4. The van der Waals surface area contributed by atoms with Crippen molar-refractivity contribution in [3.63, 3.8) is 0 Å². The molecule has 12 aromatic rings. The average Bonchev–Trinajstić information content (AvgIpc) is 0.845. The van der Waals surface area contributed by atoms with Gasteiger partial charge in [-0.25, -0.2) is 29.1 Å². The molecule has 0 saturated heterocycles. The van der Waals surface area contributed by atoms with Crippen molar-refractivity contribution in [3.05, 3.63) is 323 Å². The second kappa shape index (κ2) is 46.2. The number of nitrogen functional groups attached to an aromatic ring is 1. The van der Waals surface area contributed by atoms with Gasteiger partial charge in [0, 0.05) is 134 Å². The first-order valence-corrected chi connectivity index (χ1v) is 40.3. The van der Waals surface area contributed by atoms with Gasteiger partial charge in [0.1, 0.15) is 5.82 Å². The molecule has 8 aromatic carbocycles. The zero-order valence-corrected chi connectivity index (χ0v) is 71.0. The monoisotopic (exact) mass is 1660 g/mol. The maximum atomic E-state index is 13.6. The lowest BCUT2D eigenvalue weighted by Gasteiger charge is -2.16. The Hall–Kier alpha value is -14.4. The highest BCUT2D eigenvalue weighted by molar-refractivity contribution is 5.99. The van der Waals surface area contributed by atoms with Crippen molar-refractivity contribution >= 4 is 76.1 Å². The van der Waals surface area contributed by atoms with Crippen LogP contribution in [0.5, 0.6) is 5.88 Å². The van der Waals surface area contributed by atoms with Gasteiger partial charge in [0.15, 0.2) is 23.1 Å². The van der Waals surface area contributed by atoms with Crippen molar-refractivity contribution in [2.45, 2.75) is 92.9 Å². The third-order valence-electron chi connectivity index (χ3n) is 20.0. The second-order valence-electron chi connectivity index (χ2n) is 28.3. The van der Waals surface area contributed by atoms with E-state index in [0.717, 1.165) is 95.7 Å². The van der Waals surface area contributed by atoms with E-state index < -0.39 is 18.0 Å². The number of ether oxygens (including phenoxy) is 5. The number of Topliss-reactive ketones (excluding diaryl/α,β-unsaturated/α-hetero) is 4. The number of amides is 4. The summed E-state index contributed by atoms with van der Waals surface area (Å²) >= 11 is 0. The van der Waals surface area contributed by atoms with Crippen molar-refractivity contribution in [1.82, 2.24) is 19.9 Å². The number of hydrogen-bond acceptors (Lipinski definition) is 18. The molecule has 0 aliphatic rings. The predicted octanol–water partition coefficient (Wildman–Crippen LogP) is 21.1. The second-order valence-corrected chi connectivity index (χ2v) is 28.3. The van der Waals surface area contributed by atoms with E-state index >= 15 is 0 Å². The molecule has 4 heterocycles. The molecule has 22 nitrogen and oxygen atoms in total. The van der Waals surface area contributed by atoms with E-state index in [1.807, 2.05) is 214 Å². The van der Waals surface area contributed by atoms with E-state index in [1.54, 1.807) is 99.7 Å². The topological polar surface area (TPSA) is 273 Å². The van der Waals surface area contributed by atoms with Crippen LogP contribution in [0.1, 0.15) is 128 Å². The molecule has 0 aliphatic heterocycles. The lowest BCUT2D eigenvalue weighted by atomic mass is 9.99. The van der Waals surface area contributed by atoms with Gasteiger partial charge in [0.25, 0.3) is 0 Å².